The average molecular weight is 235 g/mol. The molecule has 5 nitrogen and oxygen atoms in total. The highest BCUT2D eigenvalue weighted by Crippen LogP contribution is 2.05. The zero-order chi connectivity index (χ0) is 12.3. The van der Waals surface area contributed by atoms with Crippen LogP contribution in [0, 0.1) is 0 Å². The molecule has 0 aliphatic carbocycles. The number of anilines is 1. The molecule has 0 aliphatic heterocycles. The average Bonchev–Trinajstić information content (AvgIpc) is 2.35. The topological polar surface area (TPSA) is 71.1 Å². The number of carbonyl (C=O) groups excluding carboxylic acids is 2. The van der Waals surface area contributed by atoms with Crippen LogP contribution in [0.15, 0.2) is 24.5 Å². The summed E-state index contributed by atoms with van der Waals surface area (Å²) in [5.74, 6) is 0.00125. The Morgan fingerprint density at radius 2 is 2.24 bits per heavy atom. The van der Waals surface area contributed by atoms with Crippen molar-refractivity contribution in [2.24, 2.45) is 0 Å². The Hall–Kier alpha value is -1.91. The Balaban J connectivity index is 2.07. The maximum absolute atomic E-state index is 11.5. The smallest absolute Gasteiger partial charge is 0.224 e. The molecule has 0 bridgehead atoms. The highest BCUT2D eigenvalue weighted by molar-refractivity contribution is 5.90. The van der Waals surface area contributed by atoms with E-state index in [0.717, 1.165) is 24.9 Å². The predicted octanol–water partition coefficient (Wildman–Crippen LogP) is 1.33. The van der Waals surface area contributed by atoms with E-state index in [1.54, 1.807) is 24.5 Å². The van der Waals surface area contributed by atoms with Gasteiger partial charge in [0.25, 0.3) is 0 Å². The molecule has 5 heteroatoms. The van der Waals surface area contributed by atoms with Crippen LogP contribution in [0.2, 0.25) is 0 Å². The zero-order valence-corrected chi connectivity index (χ0v) is 9.69. The van der Waals surface area contributed by atoms with Gasteiger partial charge in [0.15, 0.2) is 0 Å². The van der Waals surface area contributed by atoms with Crippen molar-refractivity contribution in [3.63, 3.8) is 0 Å². The van der Waals surface area contributed by atoms with Crippen molar-refractivity contribution >= 4 is 18.0 Å². The number of hydrogen-bond acceptors (Lipinski definition) is 3. The molecule has 0 saturated heterocycles. The Morgan fingerprint density at radius 3 is 2.94 bits per heavy atom. The molecular formula is C12H17N3O2. The van der Waals surface area contributed by atoms with Gasteiger partial charge in [-0.25, -0.2) is 0 Å². The third-order valence-electron chi connectivity index (χ3n) is 2.25. The molecule has 0 unspecified atom stereocenters. The molecule has 92 valence electrons. The third kappa shape index (κ3) is 6.29. The van der Waals surface area contributed by atoms with Crippen molar-refractivity contribution in [3.8, 4) is 0 Å². The quantitative estimate of drug-likeness (QED) is 0.527. The summed E-state index contributed by atoms with van der Waals surface area (Å²) in [6, 6.07) is 3.58. The van der Waals surface area contributed by atoms with Crippen LogP contribution < -0.4 is 10.6 Å². The van der Waals surface area contributed by atoms with Gasteiger partial charge in [-0.3, -0.25) is 14.6 Å². The highest BCUT2D eigenvalue weighted by Gasteiger charge is 2.01. The van der Waals surface area contributed by atoms with Crippen LogP contribution in [0.3, 0.4) is 0 Å². The molecule has 0 radical (unpaired) electrons. The molecule has 1 aromatic heterocycles. The number of amides is 2. The number of hydrogen-bond donors (Lipinski definition) is 2. The fourth-order valence-electron chi connectivity index (χ4n) is 1.41. The van der Waals surface area contributed by atoms with Gasteiger partial charge in [-0.2, -0.15) is 0 Å². The van der Waals surface area contributed by atoms with E-state index in [4.69, 9.17) is 0 Å². The van der Waals surface area contributed by atoms with Crippen molar-refractivity contribution in [2.75, 3.05) is 11.9 Å². The second kappa shape index (κ2) is 8.27. The molecule has 0 fully saturated rings. The summed E-state index contributed by atoms with van der Waals surface area (Å²) in [5.41, 5.74) is 0.722. The summed E-state index contributed by atoms with van der Waals surface area (Å²) in [6.07, 6.45) is 7.12. The van der Waals surface area contributed by atoms with E-state index in [0.29, 0.717) is 19.4 Å². The van der Waals surface area contributed by atoms with Crippen LogP contribution in [0.4, 0.5) is 5.69 Å². The van der Waals surface area contributed by atoms with Crippen molar-refractivity contribution < 1.29 is 9.59 Å². The van der Waals surface area contributed by atoms with Crippen LogP contribution in [-0.4, -0.2) is 23.8 Å². The molecule has 0 spiro atoms. The first kappa shape index (κ1) is 13.2. The molecule has 1 heterocycles. The number of nitrogens with one attached hydrogen (secondary N) is 2. The van der Waals surface area contributed by atoms with Gasteiger partial charge in [0.2, 0.25) is 12.3 Å². The van der Waals surface area contributed by atoms with Crippen LogP contribution in [-0.2, 0) is 9.59 Å². The minimum Gasteiger partial charge on any atom is -0.359 e. The molecule has 1 rings (SSSR count). The molecule has 2 amide bonds. The van der Waals surface area contributed by atoms with Gasteiger partial charge >= 0.3 is 0 Å². The van der Waals surface area contributed by atoms with Gasteiger partial charge in [0.1, 0.15) is 0 Å². The number of carbonyl (C=O) groups is 2. The minimum atomic E-state index is 0.00125. The lowest BCUT2D eigenvalue weighted by atomic mass is 10.2. The Labute approximate surface area is 101 Å². The first-order chi connectivity index (χ1) is 8.33. The molecule has 0 aromatic carbocycles. The Morgan fingerprint density at radius 1 is 1.35 bits per heavy atom. The van der Waals surface area contributed by atoms with Crippen molar-refractivity contribution in [1.29, 1.82) is 0 Å². The van der Waals surface area contributed by atoms with Crippen molar-refractivity contribution in [2.45, 2.75) is 25.7 Å². The number of aromatic nitrogens is 1. The first-order valence-electron chi connectivity index (χ1n) is 5.70. The summed E-state index contributed by atoms with van der Waals surface area (Å²) in [7, 11) is 0. The Bertz CT molecular complexity index is 341. The van der Waals surface area contributed by atoms with E-state index in [9.17, 15) is 9.59 Å². The largest absolute Gasteiger partial charge is 0.359 e. The molecule has 2 N–H and O–H groups in total. The predicted molar refractivity (Wildman–Crippen MR) is 65.4 cm³/mol. The van der Waals surface area contributed by atoms with E-state index in [-0.39, 0.29) is 5.91 Å². The number of nitrogens with zero attached hydrogens (tertiary/aromatic N) is 1. The third-order valence-corrected chi connectivity index (χ3v) is 2.25. The lowest BCUT2D eigenvalue weighted by Crippen LogP contribution is -2.13. The summed E-state index contributed by atoms with van der Waals surface area (Å²) >= 11 is 0. The highest BCUT2D eigenvalue weighted by atomic mass is 16.1. The van der Waals surface area contributed by atoms with E-state index in [2.05, 4.69) is 15.6 Å². The molecule has 0 atom stereocenters. The second-order valence-electron chi connectivity index (χ2n) is 3.67. The summed E-state index contributed by atoms with van der Waals surface area (Å²) in [6.45, 7) is 0.674. The molecule has 17 heavy (non-hydrogen) atoms. The molecular weight excluding hydrogens is 218 g/mol. The lowest BCUT2D eigenvalue weighted by Gasteiger charge is -2.04. The van der Waals surface area contributed by atoms with Crippen LogP contribution >= 0.6 is 0 Å². The Kier molecular flexibility index (Phi) is 6.40. The summed E-state index contributed by atoms with van der Waals surface area (Å²) < 4.78 is 0. The maximum Gasteiger partial charge on any atom is 0.224 e. The van der Waals surface area contributed by atoms with Crippen molar-refractivity contribution in [1.82, 2.24) is 10.3 Å². The molecule has 0 aliphatic rings. The second-order valence-corrected chi connectivity index (χ2v) is 3.67. The van der Waals surface area contributed by atoms with E-state index in [1.807, 2.05) is 0 Å². The minimum absolute atomic E-state index is 0.00125. The van der Waals surface area contributed by atoms with Gasteiger partial charge in [0.05, 0.1) is 11.9 Å². The maximum atomic E-state index is 11.5. The van der Waals surface area contributed by atoms with E-state index < -0.39 is 0 Å². The molecule has 0 saturated carbocycles. The van der Waals surface area contributed by atoms with Gasteiger partial charge in [-0.1, -0.05) is 6.42 Å². The summed E-state index contributed by atoms with van der Waals surface area (Å²) in [5, 5.41) is 5.36. The lowest BCUT2D eigenvalue weighted by molar-refractivity contribution is -0.116. The number of unbranched alkanes of at least 4 members (excludes halogenated alkanes) is 2. The van der Waals surface area contributed by atoms with E-state index in [1.165, 1.54) is 0 Å². The zero-order valence-electron chi connectivity index (χ0n) is 9.69. The van der Waals surface area contributed by atoms with Gasteiger partial charge in [0, 0.05) is 19.2 Å². The van der Waals surface area contributed by atoms with Gasteiger partial charge in [-0.05, 0) is 25.0 Å². The summed E-state index contributed by atoms with van der Waals surface area (Å²) in [4.78, 5) is 25.4. The van der Waals surface area contributed by atoms with Crippen LogP contribution in [0.25, 0.3) is 0 Å². The first-order valence-corrected chi connectivity index (χ1v) is 5.70. The van der Waals surface area contributed by atoms with Crippen LogP contribution in [0.1, 0.15) is 25.7 Å². The number of rotatable bonds is 8. The monoisotopic (exact) mass is 235 g/mol. The SMILES string of the molecule is O=CNCCCCCC(=O)Nc1cccnc1. The fraction of sp³-hybridized carbons (Fsp3) is 0.417. The standard InChI is InChI=1S/C12H17N3O2/c16-10-14-7-3-1-2-6-12(17)15-11-5-4-8-13-9-11/h4-5,8-10H,1-3,6-7H2,(H,14,16)(H,15,17). The van der Waals surface area contributed by atoms with Crippen molar-refractivity contribution in [3.05, 3.63) is 24.5 Å². The molecule has 1 aromatic rings. The van der Waals surface area contributed by atoms with E-state index >= 15 is 0 Å². The number of pyridine rings is 1. The van der Waals surface area contributed by atoms with Gasteiger partial charge in [-0.15, -0.1) is 0 Å². The van der Waals surface area contributed by atoms with Crippen LogP contribution in [0.5, 0.6) is 0 Å². The fourth-order valence-corrected chi connectivity index (χ4v) is 1.41. The van der Waals surface area contributed by atoms with Gasteiger partial charge < -0.3 is 10.6 Å². The normalized spacial score (nSPS) is 9.65.